The van der Waals surface area contributed by atoms with Crippen LogP contribution in [0.25, 0.3) is 0 Å². The molecule has 0 aliphatic heterocycles. The van der Waals surface area contributed by atoms with Crippen LogP contribution >= 0.6 is 11.6 Å². The highest BCUT2D eigenvalue weighted by Gasteiger charge is 2.08. The number of hydrogen-bond acceptors (Lipinski definition) is 7. The molecule has 19 heavy (non-hydrogen) atoms. The summed E-state index contributed by atoms with van der Waals surface area (Å²) in [6.07, 6.45) is 0. The predicted octanol–water partition coefficient (Wildman–Crippen LogP) is 2.22. The minimum atomic E-state index is -0.482. The van der Waals surface area contributed by atoms with Gasteiger partial charge in [0.25, 0.3) is 5.69 Å². The minimum Gasteiger partial charge on any atom is -0.357 e. The number of anilines is 3. The van der Waals surface area contributed by atoms with E-state index in [2.05, 4.69) is 25.6 Å². The lowest BCUT2D eigenvalue weighted by atomic mass is 10.3. The van der Waals surface area contributed by atoms with Crippen molar-refractivity contribution in [1.29, 1.82) is 0 Å². The molecule has 0 atom stereocenters. The summed E-state index contributed by atoms with van der Waals surface area (Å²) in [6.45, 7) is 0. The van der Waals surface area contributed by atoms with E-state index in [1.54, 1.807) is 19.2 Å². The van der Waals surface area contributed by atoms with Gasteiger partial charge in [0.15, 0.2) is 0 Å². The first-order valence-electron chi connectivity index (χ1n) is 5.19. The molecule has 1 aromatic heterocycles. The molecule has 0 aliphatic rings. The Morgan fingerprint density at radius 2 is 2.00 bits per heavy atom. The Kier molecular flexibility index (Phi) is 3.71. The standard InChI is InChI=1S/C10H9ClN6O2/c1-12-9-14-8(11)15-10(16-9)13-6-3-2-4-7(5-6)17(18)19/h2-5H,1H3,(H2,12,13,14,15,16). The molecule has 1 aromatic carbocycles. The number of nitrogens with one attached hydrogen (secondary N) is 2. The number of non-ortho nitro benzene ring substituents is 1. The second kappa shape index (κ2) is 5.44. The van der Waals surface area contributed by atoms with Gasteiger partial charge >= 0.3 is 0 Å². The maximum Gasteiger partial charge on any atom is 0.271 e. The summed E-state index contributed by atoms with van der Waals surface area (Å²) in [5, 5.41) is 16.2. The van der Waals surface area contributed by atoms with Gasteiger partial charge in [0.2, 0.25) is 17.2 Å². The number of benzene rings is 1. The van der Waals surface area contributed by atoms with Crippen molar-refractivity contribution in [3.63, 3.8) is 0 Å². The number of rotatable bonds is 4. The van der Waals surface area contributed by atoms with Crippen LogP contribution in [0.4, 0.5) is 23.3 Å². The summed E-state index contributed by atoms with van der Waals surface area (Å²) in [5.74, 6) is 0.498. The quantitative estimate of drug-likeness (QED) is 0.653. The summed E-state index contributed by atoms with van der Waals surface area (Å²) in [7, 11) is 1.64. The first-order valence-corrected chi connectivity index (χ1v) is 5.57. The Morgan fingerprint density at radius 1 is 1.26 bits per heavy atom. The SMILES string of the molecule is CNc1nc(Cl)nc(Nc2cccc([N+](=O)[O-])c2)n1. The third-order valence-electron chi connectivity index (χ3n) is 2.14. The molecule has 0 saturated carbocycles. The molecule has 0 saturated heterocycles. The summed E-state index contributed by atoms with van der Waals surface area (Å²) in [5.41, 5.74) is 0.456. The summed E-state index contributed by atoms with van der Waals surface area (Å²) < 4.78 is 0. The van der Waals surface area contributed by atoms with Gasteiger partial charge in [-0.05, 0) is 17.7 Å². The van der Waals surface area contributed by atoms with Gasteiger partial charge in [0.05, 0.1) is 4.92 Å². The Labute approximate surface area is 113 Å². The highest BCUT2D eigenvalue weighted by Crippen LogP contribution is 2.20. The van der Waals surface area contributed by atoms with Crippen molar-refractivity contribution in [2.24, 2.45) is 0 Å². The number of nitro benzene ring substituents is 1. The fourth-order valence-corrected chi connectivity index (χ4v) is 1.50. The Morgan fingerprint density at radius 3 is 2.68 bits per heavy atom. The van der Waals surface area contributed by atoms with E-state index >= 15 is 0 Å². The van der Waals surface area contributed by atoms with Gasteiger partial charge in [-0.2, -0.15) is 15.0 Å². The van der Waals surface area contributed by atoms with E-state index in [4.69, 9.17) is 11.6 Å². The zero-order valence-corrected chi connectivity index (χ0v) is 10.5. The van der Waals surface area contributed by atoms with Crippen LogP contribution < -0.4 is 10.6 Å². The molecule has 98 valence electrons. The van der Waals surface area contributed by atoms with Crippen LogP contribution in [0.3, 0.4) is 0 Å². The fraction of sp³-hybridized carbons (Fsp3) is 0.100. The van der Waals surface area contributed by atoms with Gasteiger partial charge in [-0.3, -0.25) is 10.1 Å². The second-order valence-electron chi connectivity index (χ2n) is 3.43. The molecular weight excluding hydrogens is 272 g/mol. The molecule has 0 spiro atoms. The number of hydrogen-bond donors (Lipinski definition) is 2. The molecule has 0 fully saturated rings. The van der Waals surface area contributed by atoms with Crippen molar-refractivity contribution in [1.82, 2.24) is 15.0 Å². The molecular formula is C10H9ClN6O2. The van der Waals surface area contributed by atoms with Crippen LogP contribution in [0.5, 0.6) is 0 Å². The van der Waals surface area contributed by atoms with Crippen molar-refractivity contribution in [2.45, 2.75) is 0 Å². The fourth-order valence-electron chi connectivity index (χ4n) is 1.34. The third-order valence-corrected chi connectivity index (χ3v) is 2.31. The Balaban J connectivity index is 2.28. The van der Waals surface area contributed by atoms with E-state index in [1.165, 1.54) is 12.1 Å². The second-order valence-corrected chi connectivity index (χ2v) is 3.77. The van der Waals surface area contributed by atoms with Gasteiger partial charge in [-0.1, -0.05) is 6.07 Å². The molecule has 9 heteroatoms. The van der Waals surface area contributed by atoms with Gasteiger partial charge in [-0.15, -0.1) is 0 Å². The molecule has 0 aliphatic carbocycles. The van der Waals surface area contributed by atoms with Crippen LogP contribution in [0.2, 0.25) is 5.28 Å². The van der Waals surface area contributed by atoms with Crippen molar-refractivity contribution in [2.75, 3.05) is 17.7 Å². The summed E-state index contributed by atoms with van der Waals surface area (Å²) in [4.78, 5) is 21.9. The van der Waals surface area contributed by atoms with Crippen LogP contribution in [-0.2, 0) is 0 Å². The largest absolute Gasteiger partial charge is 0.357 e. The predicted molar refractivity (Wildman–Crippen MR) is 70.8 cm³/mol. The first-order chi connectivity index (χ1) is 9.08. The molecule has 2 N–H and O–H groups in total. The average Bonchev–Trinajstić information content (AvgIpc) is 2.38. The molecule has 2 aromatic rings. The summed E-state index contributed by atoms with van der Waals surface area (Å²) >= 11 is 5.73. The van der Waals surface area contributed by atoms with E-state index < -0.39 is 4.92 Å². The number of nitrogens with zero attached hydrogens (tertiary/aromatic N) is 4. The van der Waals surface area contributed by atoms with E-state index in [-0.39, 0.29) is 16.9 Å². The smallest absolute Gasteiger partial charge is 0.271 e. The molecule has 0 bridgehead atoms. The van der Waals surface area contributed by atoms with Crippen molar-refractivity contribution in [3.8, 4) is 0 Å². The number of aromatic nitrogens is 3. The third kappa shape index (κ3) is 3.26. The lowest BCUT2D eigenvalue weighted by Gasteiger charge is -2.06. The average molecular weight is 281 g/mol. The van der Waals surface area contributed by atoms with Crippen LogP contribution in [0.15, 0.2) is 24.3 Å². The first kappa shape index (κ1) is 13.0. The minimum absolute atomic E-state index is 0.0206. The molecule has 0 radical (unpaired) electrons. The maximum atomic E-state index is 10.7. The molecule has 1 heterocycles. The van der Waals surface area contributed by atoms with Crippen LogP contribution in [-0.4, -0.2) is 26.9 Å². The molecule has 0 amide bonds. The number of nitro groups is 1. The summed E-state index contributed by atoms with van der Waals surface area (Å²) in [6, 6.07) is 5.98. The molecule has 2 rings (SSSR count). The monoisotopic (exact) mass is 280 g/mol. The van der Waals surface area contributed by atoms with Gasteiger partial charge in [0, 0.05) is 24.9 Å². The highest BCUT2D eigenvalue weighted by atomic mass is 35.5. The van der Waals surface area contributed by atoms with Crippen molar-refractivity contribution >= 4 is 34.9 Å². The topological polar surface area (TPSA) is 106 Å². The van der Waals surface area contributed by atoms with Crippen molar-refractivity contribution < 1.29 is 4.92 Å². The zero-order valence-electron chi connectivity index (χ0n) is 9.79. The molecule has 8 nitrogen and oxygen atoms in total. The van der Waals surface area contributed by atoms with E-state index in [1.807, 2.05) is 0 Å². The lowest BCUT2D eigenvalue weighted by molar-refractivity contribution is -0.384. The maximum absolute atomic E-state index is 10.7. The van der Waals surface area contributed by atoms with Crippen LogP contribution in [0, 0.1) is 10.1 Å². The van der Waals surface area contributed by atoms with E-state index in [0.29, 0.717) is 11.6 Å². The Bertz CT molecular complexity index is 621. The van der Waals surface area contributed by atoms with E-state index in [9.17, 15) is 10.1 Å². The van der Waals surface area contributed by atoms with Crippen molar-refractivity contribution in [3.05, 3.63) is 39.7 Å². The normalized spacial score (nSPS) is 10.0. The molecule has 0 unspecified atom stereocenters. The van der Waals surface area contributed by atoms with Gasteiger partial charge in [-0.25, -0.2) is 0 Å². The zero-order chi connectivity index (χ0) is 13.8. The lowest BCUT2D eigenvalue weighted by Crippen LogP contribution is -2.03. The Hall–Kier alpha value is -2.48. The van der Waals surface area contributed by atoms with E-state index in [0.717, 1.165) is 0 Å². The highest BCUT2D eigenvalue weighted by molar-refractivity contribution is 6.28. The van der Waals surface area contributed by atoms with Gasteiger partial charge < -0.3 is 10.6 Å². The number of halogens is 1. The van der Waals surface area contributed by atoms with Gasteiger partial charge in [0.1, 0.15) is 0 Å². The van der Waals surface area contributed by atoms with Crippen LogP contribution in [0.1, 0.15) is 0 Å².